The van der Waals surface area contributed by atoms with E-state index < -0.39 is 28.8 Å². The Hall–Kier alpha value is -2.63. The van der Waals surface area contributed by atoms with Crippen molar-refractivity contribution < 1.29 is 18.3 Å². The van der Waals surface area contributed by atoms with Crippen LogP contribution in [0.4, 0.5) is 14.5 Å². The predicted molar refractivity (Wildman–Crippen MR) is 74.9 cm³/mol. The van der Waals surface area contributed by atoms with Crippen LogP contribution >= 0.6 is 0 Å². The second-order valence-electron chi connectivity index (χ2n) is 4.39. The minimum Gasteiger partial charge on any atom is -0.497 e. The third-order valence-corrected chi connectivity index (χ3v) is 2.92. The molecular formula is C15H14F2N2O2. The number of ether oxygens (including phenoxy) is 1. The molecule has 0 spiro atoms. The van der Waals surface area contributed by atoms with Gasteiger partial charge in [0.2, 0.25) is 0 Å². The van der Waals surface area contributed by atoms with Gasteiger partial charge in [0, 0.05) is 6.54 Å². The Kier molecular flexibility index (Phi) is 4.37. The first-order chi connectivity index (χ1) is 10.0. The van der Waals surface area contributed by atoms with E-state index in [9.17, 15) is 13.6 Å². The van der Waals surface area contributed by atoms with E-state index in [1.165, 1.54) is 0 Å². The van der Waals surface area contributed by atoms with Gasteiger partial charge in [-0.3, -0.25) is 4.79 Å². The summed E-state index contributed by atoms with van der Waals surface area (Å²) in [6, 6.07) is 8.64. The highest BCUT2D eigenvalue weighted by Crippen LogP contribution is 2.17. The van der Waals surface area contributed by atoms with Crippen molar-refractivity contribution in [2.45, 2.75) is 6.54 Å². The summed E-state index contributed by atoms with van der Waals surface area (Å²) in [5, 5.41) is 2.51. The van der Waals surface area contributed by atoms with Crippen molar-refractivity contribution in [3.05, 3.63) is 59.2 Å². The largest absolute Gasteiger partial charge is 0.497 e. The summed E-state index contributed by atoms with van der Waals surface area (Å²) in [6.45, 7) is 0.179. The molecule has 0 aliphatic rings. The number of rotatable bonds is 4. The number of halogens is 2. The monoisotopic (exact) mass is 292 g/mol. The van der Waals surface area contributed by atoms with Crippen LogP contribution in [-0.4, -0.2) is 13.0 Å². The molecule has 0 heterocycles. The second kappa shape index (κ2) is 6.21. The molecule has 0 saturated heterocycles. The van der Waals surface area contributed by atoms with Crippen molar-refractivity contribution >= 4 is 11.6 Å². The summed E-state index contributed by atoms with van der Waals surface area (Å²) in [6.07, 6.45) is 0. The molecule has 0 unspecified atom stereocenters. The number of nitrogens with one attached hydrogen (secondary N) is 1. The molecule has 1 amide bonds. The van der Waals surface area contributed by atoms with E-state index in [1.54, 1.807) is 31.4 Å². The van der Waals surface area contributed by atoms with Crippen LogP contribution < -0.4 is 15.8 Å². The van der Waals surface area contributed by atoms with Crippen LogP contribution in [0.1, 0.15) is 15.9 Å². The summed E-state index contributed by atoms with van der Waals surface area (Å²) in [4.78, 5) is 11.9. The molecule has 3 N–H and O–H groups in total. The van der Waals surface area contributed by atoms with Crippen molar-refractivity contribution in [3.63, 3.8) is 0 Å². The van der Waals surface area contributed by atoms with Crippen LogP contribution in [0.15, 0.2) is 36.4 Å². The first-order valence-electron chi connectivity index (χ1n) is 6.17. The SMILES string of the molecule is COc1ccc(CNC(=O)c2cc(F)cc(N)c2F)cc1. The summed E-state index contributed by atoms with van der Waals surface area (Å²) < 4.78 is 31.9. The highest BCUT2D eigenvalue weighted by Gasteiger charge is 2.15. The van der Waals surface area contributed by atoms with Crippen LogP contribution in [0.25, 0.3) is 0 Å². The molecule has 2 rings (SSSR count). The first kappa shape index (κ1) is 14.8. The topological polar surface area (TPSA) is 64.3 Å². The zero-order valence-electron chi connectivity index (χ0n) is 11.3. The van der Waals surface area contributed by atoms with Gasteiger partial charge in [0.1, 0.15) is 11.6 Å². The van der Waals surface area contributed by atoms with Crippen LogP contribution in [-0.2, 0) is 6.54 Å². The molecule has 0 aliphatic heterocycles. The third-order valence-electron chi connectivity index (χ3n) is 2.92. The predicted octanol–water partition coefficient (Wildman–Crippen LogP) is 2.49. The molecule has 0 aromatic heterocycles. The van der Waals surface area contributed by atoms with Gasteiger partial charge in [0.15, 0.2) is 5.82 Å². The van der Waals surface area contributed by atoms with Crippen LogP contribution in [0.3, 0.4) is 0 Å². The fourth-order valence-electron chi connectivity index (χ4n) is 1.80. The van der Waals surface area contributed by atoms with Crippen LogP contribution in [0.5, 0.6) is 5.75 Å². The molecule has 0 saturated carbocycles. The van der Waals surface area contributed by atoms with Crippen LogP contribution in [0.2, 0.25) is 0 Å². The van der Waals surface area contributed by atoms with E-state index in [0.717, 1.165) is 17.7 Å². The molecule has 0 fully saturated rings. The number of benzene rings is 2. The van der Waals surface area contributed by atoms with Gasteiger partial charge in [0.05, 0.1) is 18.4 Å². The van der Waals surface area contributed by atoms with E-state index in [1.807, 2.05) is 0 Å². The molecule has 4 nitrogen and oxygen atoms in total. The first-order valence-corrected chi connectivity index (χ1v) is 6.17. The minimum atomic E-state index is -0.927. The van der Waals surface area contributed by atoms with E-state index >= 15 is 0 Å². The maximum Gasteiger partial charge on any atom is 0.254 e. The lowest BCUT2D eigenvalue weighted by molar-refractivity contribution is 0.0946. The average Bonchev–Trinajstić information content (AvgIpc) is 2.49. The highest BCUT2D eigenvalue weighted by atomic mass is 19.1. The van der Waals surface area contributed by atoms with Gasteiger partial charge < -0.3 is 15.8 Å². The fourth-order valence-corrected chi connectivity index (χ4v) is 1.80. The highest BCUT2D eigenvalue weighted by molar-refractivity contribution is 5.95. The smallest absolute Gasteiger partial charge is 0.254 e. The van der Waals surface area contributed by atoms with Gasteiger partial charge in [-0.05, 0) is 29.8 Å². The summed E-state index contributed by atoms with van der Waals surface area (Å²) in [5.41, 5.74) is 5.28. The summed E-state index contributed by atoms with van der Waals surface area (Å²) >= 11 is 0. The molecular weight excluding hydrogens is 278 g/mol. The Balaban J connectivity index is 2.08. The Labute approximate surface area is 120 Å². The van der Waals surface area contributed by atoms with Gasteiger partial charge in [-0.2, -0.15) is 0 Å². The number of amides is 1. The van der Waals surface area contributed by atoms with Gasteiger partial charge in [-0.1, -0.05) is 12.1 Å². The van der Waals surface area contributed by atoms with E-state index in [4.69, 9.17) is 10.5 Å². The molecule has 0 bridgehead atoms. The number of hydrogen-bond donors (Lipinski definition) is 2. The number of nitrogens with two attached hydrogens (primary N) is 1. The maximum atomic E-state index is 13.7. The van der Waals surface area contributed by atoms with E-state index in [0.29, 0.717) is 5.75 Å². The van der Waals surface area contributed by atoms with Gasteiger partial charge in [0.25, 0.3) is 5.91 Å². The number of nitrogen functional groups attached to an aromatic ring is 1. The Morgan fingerprint density at radius 2 is 1.90 bits per heavy atom. The molecule has 6 heteroatoms. The second-order valence-corrected chi connectivity index (χ2v) is 4.39. The van der Waals surface area contributed by atoms with Gasteiger partial charge in [-0.15, -0.1) is 0 Å². The lowest BCUT2D eigenvalue weighted by Gasteiger charge is -2.08. The lowest BCUT2D eigenvalue weighted by Crippen LogP contribution is -2.24. The number of hydrogen-bond acceptors (Lipinski definition) is 3. The van der Waals surface area contributed by atoms with Gasteiger partial charge in [-0.25, -0.2) is 8.78 Å². The molecule has 0 radical (unpaired) electrons. The number of anilines is 1. The number of carbonyl (C=O) groups is 1. The summed E-state index contributed by atoms with van der Waals surface area (Å²) in [5.74, 6) is -1.73. The van der Waals surface area contributed by atoms with Crippen molar-refractivity contribution in [2.24, 2.45) is 0 Å². The van der Waals surface area contributed by atoms with E-state index in [2.05, 4.69) is 5.32 Å². The Morgan fingerprint density at radius 3 is 2.52 bits per heavy atom. The lowest BCUT2D eigenvalue weighted by atomic mass is 10.1. The molecule has 2 aromatic rings. The Bertz CT molecular complexity index is 657. The molecule has 21 heavy (non-hydrogen) atoms. The fraction of sp³-hybridized carbons (Fsp3) is 0.133. The van der Waals surface area contributed by atoms with E-state index in [-0.39, 0.29) is 6.54 Å². The van der Waals surface area contributed by atoms with Gasteiger partial charge >= 0.3 is 0 Å². The molecule has 110 valence electrons. The van der Waals surface area contributed by atoms with Crippen molar-refractivity contribution in [3.8, 4) is 5.75 Å². The normalized spacial score (nSPS) is 10.2. The average molecular weight is 292 g/mol. The zero-order chi connectivity index (χ0) is 15.4. The number of methoxy groups -OCH3 is 1. The zero-order valence-corrected chi connectivity index (χ0v) is 11.3. The molecule has 0 atom stereocenters. The third kappa shape index (κ3) is 3.47. The van der Waals surface area contributed by atoms with Crippen LogP contribution in [0, 0.1) is 11.6 Å². The quantitative estimate of drug-likeness (QED) is 0.851. The molecule has 0 aliphatic carbocycles. The van der Waals surface area contributed by atoms with Crippen molar-refractivity contribution in [2.75, 3.05) is 12.8 Å². The number of carbonyl (C=O) groups excluding carboxylic acids is 1. The Morgan fingerprint density at radius 1 is 1.24 bits per heavy atom. The molecule has 2 aromatic carbocycles. The minimum absolute atomic E-state index is 0.179. The standard InChI is InChI=1S/C15H14F2N2O2/c1-21-11-4-2-9(3-5-11)8-19-15(20)12-6-10(16)7-13(18)14(12)17/h2-7H,8,18H2,1H3,(H,19,20). The maximum absolute atomic E-state index is 13.7. The van der Waals surface area contributed by atoms with Crippen molar-refractivity contribution in [1.82, 2.24) is 5.32 Å². The summed E-state index contributed by atoms with van der Waals surface area (Å²) in [7, 11) is 1.55. The van der Waals surface area contributed by atoms with Crippen molar-refractivity contribution in [1.29, 1.82) is 0 Å².